The molecule has 0 saturated carbocycles. The van der Waals surface area contributed by atoms with Crippen LogP contribution in [-0.4, -0.2) is 40.0 Å². The van der Waals surface area contributed by atoms with Gasteiger partial charge in [0.05, 0.1) is 10.8 Å². The second-order valence-corrected chi connectivity index (χ2v) is 9.47. The van der Waals surface area contributed by atoms with Gasteiger partial charge in [-0.2, -0.15) is 0 Å². The predicted molar refractivity (Wildman–Crippen MR) is 126 cm³/mol. The molecule has 0 saturated heterocycles. The molecule has 4 rings (SSSR count). The molecule has 31 heavy (non-hydrogen) atoms. The van der Waals surface area contributed by atoms with Gasteiger partial charge in [-0.05, 0) is 32.4 Å². The number of benzene rings is 1. The van der Waals surface area contributed by atoms with Gasteiger partial charge in [-0.15, -0.1) is 21.5 Å². The molecule has 0 aliphatic rings. The Kier molecular flexibility index (Phi) is 6.81. The molecule has 0 bridgehead atoms. The smallest absolute Gasteiger partial charge is 0.277 e. The number of aryl methyl sites for hydroxylation is 1. The number of thiophene rings is 1. The van der Waals surface area contributed by atoms with Crippen LogP contribution in [0.25, 0.3) is 20.9 Å². The van der Waals surface area contributed by atoms with Crippen LogP contribution >= 0.6 is 34.7 Å². The number of hydrogen-bond donors (Lipinski definition) is 0. The lowest BCUT2D eigenvalue weighted by molar-refractivity contribution is 0.102. The normalized spacial score (nSPS) is 11.5. The highest BCUT2D eigenvalue weighted by Gasteiger charge is 2.20. The first-order valence-electron chi connectivity index (χ1n) is 9.82. The Morgan fingerprint density at radius 1 is 1.29 bits per heavy atom. The van der Waals surface area contributed by atoms with Crippen LogP contribution in [0.2, 0.25) is 5.02 Å². The van der Waals surface area contributed by atoms with Crippen molar-refractivity contribution in [1.82, 2.24) is 14.8 Å². The number of methoxy groups -OCH3 is 1. The number of hydrogen-bond acceptors (Lipinski definition) is 7. The van der Waals surface area contributed by atoms with Gasteiger partial charge in [-0.1, -0.05) is 41.6 Å². The molecule has 0 atom stereocenters. The van der Waals surface area contributed by atoms with Gasteiger partial charge in [-0.3, -0.25) is 4.79 Å². The largest absolute Gasteiger partial charge is 0.410 e. The van der Waals surface area contributed by atoms with Crippen molar-refractivity contribution in [3.05, 3.63) is 52.3 Å². The van der Waals surface area contributed by atoms with E-state index in [0.29, 0.717) is 22.7 Å². The van der Waals surface area contributed by atoms with Crippen molar-refractivity contribution in [3.63, 3.8) is 0 Å². The lowest BCUT2D eigenvalue weighted by atomic mass is 10.2. The van der Waals surface area contributed by atoms with Gasteiger partial charge < -0.3 is 13.7 Å². The quantitative estimate of drug-likeness (QED) is 0.167. The number of carbonyl (C=O) groups is 1. The SMILES string of the molecule is COCCCn1c(C)cc(C(=O)CSc2nnc(-c3sc4ccccc4c3Cl)o2)c1C. The maximum absolute atomic E-state index is 12.8. The molecule has 3 aromatic heterocycles. The van der Waals surface area contributed by atoms with Gasteiger partial charge in [0.2, 0.25) is 0 Å². The molecule has 0 radical (unpaired) electrons. The predicted octanol–water partition coefficient (Wildman–Crippen LogP) is 6.03. The minimum absolute atomic E-state index is 0.0377. The van der Waals surface area contributed by atoms with Crippen LogP contribution in [0.5, 0.6) is 0 Å². The maximum Gasteiger partial charge on any atom is 0.277 e. The Morgan fingerprint density at radius 3 is 2.87 bits per heavy atom. The molecule has 162 valence electrons. The van der Waals surface area contributed by atoms with E-state index >= 15 is 0 Å². The third-order valence-corrected chi connectivity index (χ3v) is 7.55. The fourth-order valence-electron chi connectivity index (χ4n) is 3.51. The average Bonchev–Trinajstić information content (AvgIpc) is 3.44. The number of aromatic nitrogens is 3. The molecular formula is C22H22ClN3O3S2. The van der Waals surface area contributed by atoms with E-state index in [-0.39, 0.29) is 11.5 Å². The highest BCUT2D eigenvalue weighted by molar-refractivity contribution is 7.99. The fourth-order valence-corrected chi connectivity index (χ4v) is 5.59. The first-order valence-corrected chi connectivity index (χ1v) is 12.0. The van der Waals surface area contributed by atoms with Crippen molar-refractivity contribution >= 4 is 50.6 Å². The number of rotatable bonds is 9. The zero-order valence-electron chi connectivity index (χ0n) is 17.5. The van der Waals surface area contributed by atoms with Gasteiger partial charge in [0.25, 0.3) is 11.1 Å². The molecule has 4 aromatic rings. The molecule has 1 aromatic carbocycles. The summed E-state index contributed by atoms with van der Waals surface area (Å²) in [6, 6.07) is 9.83. The topological polar surface area (TPSA) is 70.2 Å². The highest BCUT2D eigenvalue weighted by Crippen LogP contribution is 2.41. The van der Waals surface area contributed by atoms with E-state index in [4.69, 9.17) is 20.8 Å². The van der Waals surface area contributed by atoms with Crippen LogP contribution in [0.15, 0.2) is 40.0 Å². The Labute approximate surface area is 193 Å². The minimum Gasteiger partial charge on any atom is -0.410 e. The molecule has 0 amide bonds. The Morgan fingerprint density at radius 2 is 2.10 bits per heavy atom. The van der Waals surface area contributed by atoms with Crippen molar-refractivity contribution in [2.75, 3.05) is 19.5 Å². The highest BCUT2D eigenvalue weighted by atomic mass is 35.5. The minimum atomic E-state index is 0.0377. The number of ether oxygens (including phenoxy) is 1. The molecule has 0 spiro atoms. The van der Waals surface area contributed by atoms with Crippen molar-refractivity contribution in [1.29, 1.82) is 0 Å². The monoisotopic (exact) mass is 475 g/mol. The fraction of sp³-hybridized carbons (Fsp3) is 0.318. The summed E-state index contributed by atoms with van der Waals surface area (Å²) in [6.07, 6.45) is 0.903. The second-order valence-electron chi connectivity index (χ2n) is 7.11. The van der Waals surface area contributed by atoms with Gasteiger partial charge in [0.1, 0.15) is 4.88 Å². The van der Waals surface area contributed by atoms with Crippen molar-refractivity contribution in [2.24, 2.45) is 0 Å². The number of fused-ring (bicyclic) bond motifs is 1. The molecule has 0 aliphatic carbocycles. The Balaban J connectivity index is 1.44. The number of Topliss-reactive ketones (excluding diaryl/α,β-unsaturated/α-hetero) is 1. The summed E-state index contributed by atoms with van der Waals surface area (Å²) in [5.74, 6) is 0.637. The average molecular weight is 476 g/mol. The zero-order chi connectivity index (χ0) is 22.0. The molecule has 0 N–H and O–H groups in total. The second kappa shape index (κ2) is 9.56. The number of thioether (sulfide) groups is 1. The number of halogens is 1. The molecule has 9 heteroatoms. The van der Waals surface area contributed by atoms with E-state index in [1.54, 1.807) is 7.11 Å². The van der Waals surface area contributed by atoms with Gasteiger partial charge >= 0.3 is 0 Å². The lowest BCUT2D eigenvalue weighted by Crippen LogP contribution is -2.08. The summed E-state index contributed by atoms with van der Waals surface area (Å²) in [7, 11) is 1.69. The van der Waals surface area contributed by atoms with Crippen molar-refractivity contribution in [3.8, 4) is 10.8 Å². The molecule has 0 fully saturated rings. The first-order chi connectivity index (χ1) is 15.0. The summed E-state index contributed by atoms with van der Waals surface area (Å²) in [4.78, 5) is 13.6. The van der Waals surface area contributed by atoms with E-state index in [1.165, 1.54) is 23.1 Å². The molecule has 6 nitrogen and oxygen atoms in total. The van der Waals surface area contributed by atoms with Gasteiger partial charge in [0.15, 0.2) is 5.78 Å². The third kappa shape index (κ3) is 4.57. The lowest BCUT2D eigenvalue weighted by Gasteiger charge is -2.09. The summed E-state index contributed by atoms with van der Waals surface area (Å²) in [6.45, 7) is 5.52. The van der Waals surface area contributed by atoms with E-state index in [9.17, 15) is 4.79 Å². The number of ketones is 1. The Bertz CT molecular complexity index is 1230. The molecular weight excluding hydrogens is 454 g/mol. The maximum atomic E-state index is 12.8. The van der Waals surface area contributed by atoms with E-state index in [0.717, 1.165) is 44.9 Å². The molecule has 0 aliphatic heterocycles. The van der Waals surface area contributed by atoms with Gasteiger partial charge in [-0.25, -0.2) is 0 Å². The summed E-state index contributed by atoms with van der Waals surface area (Å²) in [5.41, 5.74) is 2.78. The van der Waals surface area contributed by atoms with Crippen LogP contribution in [0, 0.1) is 13.8 Å². The van der Waals surface area contributed by atoms with Crippen LogP contribution < -0.4 is 0 Å². The van der Waals surface area contributed by atoms with E-state index < -0.39 is 0 Å². The number of carbonyl (C=O) groups excluding carboxylic acids is 1. The summed E-state index contributed by atoms with van der Waals surface area (Å²) in [5, 5.41) is 10.1. The Hall–Kier alpha value is -2.13. The summed E-state index contributed by atoms with van der Waals surface area (Å²) >= 11 is 9.25. The first kappa shape index (κ1) is 22.1. The van der Waals surface area contributed by atoms with Crippen LogP contribution in [0.4, 0.5) is 0 Å². The van der Waals surface area contributed by atoms with Crippen LogP contribution in [-0.2, 0) is 11.3 Å². The van der Waals surface area contributed by atoms with E-state index in [1.807, 2.05) is 44.2 Å². The van der Waals surface area contributed by atoms with Crippen LogP contribution in [0.1, 0.15) is 28.2 Å². The number of nitrogens with zero attached hydrogens (tertiary/aromatic N) is 3. The van der Waals surface area contributed by atoms with E-state index in [2.05, 4.69) is 14.8 Å². The molecule has 3 heterocycles. The summed E-state index contributed by atoms with van der Waals surface area (Å²) < 4.78 is 14.1. The van der Waals surface area contributed by atoms with Crippen molar-refractivity contribution < 1.29 is 13.9 Å². The van der Waals surface area contributed by atoms with Gasteiger partial charge in [0, 0.05) is 47.3 Å². The third-order valence-electron chi connectivity index (χ3n) is 5.07. The standard InChI is InChI=1S/C22H22ClN3O3S2/c1-13-11-16(14(2)26(13)9-6-10-28-3)17(27)12-30-22-25-24-21(29-22)20-19(23)15-7-4-5-8-18(15)31-20/h4-5,7-8,11H,6,9-10,12H2,1-3H3. The zero-order valence-corrected chi connectivity index (χ0v) is 19.9. The molecule has 0 unspecified atom stereocenters. The van der Waals surface area contributed by atoms with Crippen molar-refractivity contribution in [2.45, 2.75) is 32.0 Å². The van der Waals surface area contributed by atoms with Crippen LogP contribution in [0.3, 0.4) is 0 Å².